The number of aryl methyl sites for hydroxylation is 1. The first kappa shape index (κ1) is 23.2. The summed E-state index contributed by atoms with van der Waals surface area (Å²) in [6.45, 7) is 6.01. The molecule has 0 amide bonds. The van der Waals surface area contributed by atoms with Crippen LogP contribution in [0.15, 0.2) is 12.3 Å². The molecule has 2 saturated heterocycles. The van der Waals surface area contributed by atoms with Gasteiger partial charge in [-0.1, -0.05) is 30.6 Å². The average Bonchev–Trinajstić information content (AvgIpc) is 2.99. The van der Waals surface area contributed by atoms with Crippen LogP contribution in [0.4, 0.5) is 5.82 Å². The maximum atomic E-state index is 9.98. The van der Waals surface area contributed by atoms with Crippen molar-refractivity contribution in [3.63, 3.8) is 0 Å². The summed E-state index contributed by atoms with van der Waals surface area (Å²) in [5, 5.41) is 10.5. The van der Waals surface area contributed by atoms with E-state index in [1.54, 1.807) is 12.3 Å². The van der Waals surface area contributed by atoms with Gasteiger partial charge in [0.2, 0.25) is 0 Å². The van der Waals surface area contributed by atoms with Gasteiger partial charge in [-0.15, -0.1) is 0 Å². The van der Waals surface area contributed by atoms with E-state index in [-0.39, 0.29) is 36.7 Å². The minimum atomic E-state index is -0.215. The van der Waals surface area contributed by atoms with Crippen LogP contribution < -0.4 is 10.6 Å². The lowest BCUT2D eigenvalue weighted by Gasteiger charge is -2.42. The molecule has 2 atom stereocenters. The van der Waals surface area contributed by atoms with Crippen molar-refractivity contribution < 1.29 is 9.84 Å². The zero-order valence-corrected chi connectivity index (χ0v) is 18.0. The van der Waals surface area contributed by atoms with Gasteiger partial charge in [-0.3, -0.25) is 0 Å². The molecular weight excluding hydrogens is 425 g/mol. The number of hydrogen-bond acceptors (Lipinski definition) is 7. The molecule has 2 fully saturated rings. The molecule has 9 heteroatoms. The second kappa shape index (κ2) is 8.93. The lowest BCUT2D eigenvalue weighted by Crippen LogP contribution is -2.51. The number of aromatic nitrogens is 3. The van der Waals surface area contributed by atoms with Crippen molar-refractivity contribution >= 4 is 29.0 Å². The van der Waals surface area contributed by atoms with Gasteiger partial charge in [0.05, 0.1) is 35.7 Å². The van der Waals surface area contributed by atoms with Gasteiger partial charge in [-0.2, -0.15) is 0 Å². The Labute approximate surface area is 187 Å². The van der Waals surface area contributed by atoms with Crippen LogP contribution in [-0.2, 0) is 11.3 Å². The highest BCUT2D eigenvalue weighted by Gasteiger charge is 2.47. The number of rotatable bonds is 3. The van der Waals surface area contributed by atoms with Crippen molar-refractivity contribution in [2.24, 2.45) is 11.1 Å². The monoisotopic (exact) mass is 453 g/mol. The Morgan fingerprint density at radius 3 is 2.60 bits per heavy atom. The summed E-state index contributed by atoms with van der Waals surface area (Å²) < 4.78 is 5.81. The van der Waals surface area contributed by atoms with Gasteiger partial charge in [0, 0.05) is 36.3 Å². The van der Waals surface area contributed by atoms with Gasteiger partial charge in [-0.05, 0) is 32.8 Å². The molecular formula is C21H29Cl2N5O2. The minimum Gasteiger partial charge on any atom is -0.390 e. The zero-order chi connectivity index (χ0) is 20.8. The fourth-order valence-electron chi connectivity index (χ4n) is 4.39. The van der Waals surface area contributed by atoms with Crippen molar-refractivity contribution in [3.05, 3.63) is 33.8 Å². The lowest BCUT2D eigenvalue weighted by molar-refractivity contribution is 0.0973. The molecule has 0 unspecified atom stereocenters. The molecule has 0 bridgehead atoms. The van der Waals surface area contributed by atoms with Crippen LogP contribution in [0.3, 0.4) is 0 Å². The van der Waals surface area contributed by atoms with E-state index in [1.165, 1.54) is 0 Å². The third-order valence-corrected chi connectivity index (χ3v) is 7.04. The van der Waals surface area contributed by atoms with Crippen LogP contribution >= 0.6 is 23.2 Å². The fraction of sp³-hybridized carbons (Fsp3) is 0.571. The summed E-state index contributed by atoms with van der Waals surface area (Å²) in [4.78, 5) is 15.6. The molecule has 1 spiro atoms. The number of hydrogen-bond donors (Lipinski definition) is 2. The van der Waals surface area contributed by atoms with Crippen molar-refractivity contribution in [2.75, 3.05) is 24.6 Å². The molecule has 7 nitrogen and oxygen atoms in total. The Kier molecular flexibility index (Phi) is 6.89. The summed E-state index contributed by atoms with van der Waals surface area (Å²) in [6.07, 6.45) is 3.53. The van der Waals surface area contributed by atoms with E-state index in [1.807, 2.05) is 13.8 Å². The van der Waals surface area contributed by atoms with Crippen molar-refractivity contribution in [1.82, 2.24) is 15.0 Å². The van der Waals surface area contributed by atoms with Gasteiger partial charge in [0.15, 0.2) is 5.82 Å². The smallest absolute Gasteiger partial charge is 0.153 e. The number of aliphatic hydroxyl groups is 1. The highest BCUT2D eigenvalue weighted by atomic mass is 35.5. The lowest BCUT2D eigenvalue weighted by atomic mass is 9.73. The molecule has 0 radical (unpaired) electrons. The molecule has 0 aliphatic carbocycles. The van der Waals surface area contributed by atoms with Gasteiger partial charge in [-0.25, -0.2) is 15.0 Å². The van der Waals surface area contributed by atoms with Crippen LogP contribution in [-0.4, -0.2) is 51.9 Å². The SMILES string of the molecule is C.Cc1nc(N2CCC3(CC2)CO[C@H](C)[C@H]3N)c(CO)nc1-c1ccnc(Cl)c1Cl. The second-order valence-corrected chi connectivity index (χ2v) is 8.68. The Morgan fingerprint density at radius 1 is 1.30 bits per heavy atom. The number of halogens is 2. The summed E-state index contributed by atoms with van der Waals surface area (Å²) in [5.41, 5.74) is 8.94. The molecule has 0 saturated carbocycles. The maximum absolute atomic E-state index is 9.98. The van der Waals surface area contributed by atoms with Crippen LogP contribution in [0.25, 0.3) is 11.3 Å². The molecule has 4 heterocycles. The normalized spacial score (nSPS) is 22.9. The van der Waals surface area contributed by atoms with E-state index in [4.69, 9.17) is 38.7 Å². The first-order valence-corrected chi connectivity index (χ1v) is 10.5. The number of pyridine rings is 1. The van der Waals surface area contributed by atoms with Gasteiger partial charge in [0.25, 0.3) is 0 Å². The fourth-order valence-corrected chi connectivity index (χ4v) is 4.75. The number of piperidine rings is 1. The number of ether oxygens (including phenoxy) is 1. The third kappa shape index (κ3) is 3.89. The van der Waals surface area contributed by atoms with Crippen molar-refractivity contribution in [1.29, 1.82) is 0 Å². The highest BCUT2D eigenvalue weighted by Crippen LogP contribution is 2.42. The van der Waals surface area contributed by atoms with E-state index in [2.05, 4.69) is 14.9 Å². The Balaban J connectivity index is 0.00000256. The van der Waals surface area contributed by atoms with Crippen LogP contribution in [0, 0.1) is 12.3 Å². The summed E-state index contributed by atoms with van der Waals surface area (Å²) in [5.74, 6) is 0.709. The topological polar surface area (TPSA) is 97.4 Å². The van der Waals surface area contributed by atoms with E-state index < -0.39 is 0 Å². The first-order chi connectivity index (χ1) is 13.9. The minimum absolute atomic E-state index is 0. The van der Waals surface area contributed by atoms with Gasteiger partial charge < -0.3 is 20.5 Å². The molecule has 30 heavy (non-hydrogen) atoms. The van der Waals surface area contributed by atoms with Gasteiger partial charge in [0.1, 0.15) is 10.8 Å². The Hall–Kier alpha value is -1.51. The quantitative estimate of drug-likeness (QED) is 0.684. The van der Waals surface area contributed by atoms with Crippen molar-refractivity contribution in [3.8, 4) is 11.3 Å². The molecule has 4 rings (SSSR count). The Morgan fingerprint density at radius 2 is 2.00 bits per heavy atom. The molecule has 2 aliphatic rings. The maximum Gasteiger partial charge on any atom is 0.153 e. The number of nitrogens with two attached hydrogens (primary N) is 1. The number of aliphatic hydroxyl groups excluding tert-OH is 1. The molecule has 2 aromatic heterocycles. The van der Waals surface area contributed by atoms with E-state index in [9.17, 15) is 5.11 Å². The zero-order valence-electron chi connectivity index (χ0n) is 16.5. The number of anilines is 1. The van der Waals surface area contributed by atoms with E-state index in [0.29, 0.717) is 34.4 Å². The Bertz CT molecular complexity index is 919. The number of nitrogens with zero attached hydrogens (tertiary/aromatic N) is 4. The predicted octanol–water partition coefficient (Wildman–Crippen LogP) is 3.61. The van der Waals surface area contributed by atoms with Crippen LogP contribution in [0.5, 0.6) is 0 Å². The molecule has 164 valence electrons. The largest absolute Gasteiger partial charge is 0.390 e. The average molecular weight is 454 g/mol. The third-order valence-electron chi connectivity index (χ3n) is 6.28. The van der Waals surface area contributed by atoms with E-state index >= 15 is 0 Å². The first-order valence-electron chi connectivity index (χ1n) is 9.77. The van der Waals surface area contributed by atoms with Crippen LogP contribution in [0.2, 0.25) is 10.2 Å². The standard InChI is InChI=1S/C20H25Cl2N5O2.CH4/c1-11-16(13-3-6-24-18(22)15(13)21)26-14(9-28)19(25-11)27-7-4-20(5-8-27)10-29-12(2)17(20)23;/h3,6,12,17,28H,4-5,7-10,23H2,1-2H3;1H4/t12-,17-;/m1./s1. The molecule has 2 aromatic rings. The van der Waals surface area contributed by atoms with E-state index in [0.717, 1.165) is 31.6 Å². The predicted molar refractivity (Wildman–Crippen MR) is 120 cm³/mol. The molecule has 0 aromatic carbocycles. The van der Waals surface area contributed by atoms with Gasteiger partial charge >= 0.3 is 0 Å². The molecule has 2 aliphatic heterocycles. The summed E-state index contributed by atoms with van der Waals surface area (Å²) in [7, 11) is 0. The van der Waals surface area contributed by atoms with Crippen molar-refractivity contribution in [2.45, 2.75) is 52.9 Å². The summed E-state index contributed by atoms with van der Waals surface area (Å²) in [6, 6.07) is 1.80. The van der Waals surface area contributed by atoms with Crippen LogP contribution in [0.1, 0.15) is 38.6 Å². The second-order valence-electron chi connectivity index (χ2n) is 7.94. The summed E-state index contributed by atoms with van der Waals surface area (Å²) >= 11 is 12.4. The highest BCUT2D eigenvalue weighted by molar-refractivity contribution is 6.42. The molecule has 3 N–H and O–H groups in total.